The average Bonchev–Trinajstić information content (AvgIpc) is 2.36. The number of hydrogen-bond donors (Lipinski definition) is 1. The Bertz CT molecular complexity index is 599. The van der Waals surface area contributed by atoms with Crippen molar-refractivity contribution in [1.29, 1.82) is 5.26 Å². The Morgan fingerprint density at radius 2 is 2.10 bits per heavy atom. The molecule has 0 fully saturated rings. The lowest BCUT2D eigenvalue weighted by Crippen LogP contribution is -2.46. The molecule has 0 heterocycles. The van der Waals surface area contributed by atoms with Crippen molar-refractivity contribution in [2.45, 2.75) is 39.3 Å². The van der Waals surface area contributed by atoms with Crippen LogP contribution in [0.2, 0.25) is 0 Å². The van der Waals surface area contributed by atoms with Gasteiger partial charge in [-0.15, -0.1) is 0 Å². The summed E-state index contributed by atoms with van der Waals surface area (Å²) in [5.74, 6) is -0.420. The van der Waals surface area contributed by atoms with Crippen molar-refractivity contribution in [3.05, 3.63) is 33.9 Å². The number of nitro benzene ring substituents is 1. The highest BCUT2D eigenvalue weighted by atomic mass is 16.6. The molecular formula is C14H17N3O4. The fourth-order valence-corrected chi connectivity index (χ4v) is 1.54. The lowest BCUT2D eigenvalue weighted by Gasteiger charge is -2.23. The maximum atomic E-state index is 11.9. The second-order valence-corrected chi connectivity index (χ2v) is 5.55. The molecule has 0 bridgehead atoms. The molecule has 0 radical (unpaired) electrons. The Balaban J connectivity index is 2.95. The smallest absolute Gasteiger partial charge is 0.312 e. The van der Waals surface area contributed by atoms with Crippen LogP contribution in [0.25, 0.3) is 0 Å². The van der Waals surface area contributed by atoms with Gasteiger partial charge in [0.2, 0.25) is 0 Å². The molecule has 0 aliphatic heterocycles. The van der Waals surface area contributed by atoms with Gasteiger partial charge >= 0.3 is 5.69 Å². The molecule has 0 saturated carbocycles. The van der Waals surface area contributed by atoms with E-state index in [2.05, 4.69) is 5.32 Å². The molecule has 1 aromatic rings. The number of nitrogens with one attached hydrogen (secondary N) is 1. The summed E-state index contributed by atoms with van der Waals surface area (Å²) in [6.45, 7) is 6.97. The van der Waals surface area contributed by atoms with Crippen LogP contribution in [0.3, 0.4) is 0 Å². The number of ether oxygens (including phenoxy) is 1. The molecule has 1 rings (SSSR count). The number of amides is 1. The number of carbonyl (C=O) groups is 1. The van der Waals surface area contributed by atoms with Crippen LogP contribution in [-0.4, -0.2) is 22.5 Å². The van der Waals surface area contributed by atoms with E-state index in [1.807, 2.05) is 26.8 Å². The van der Waals surface area contributed by atoms with Gasteiger partial charge in [-0.25, -0.2) is 0 Å². The predicted molar refractivity (Wildman–Crippen MR) is 75.8 cm³/mol. The van der Waals surface area contributed by atoms with E-state index in [0.717, 1.165) is 6.07 Å². The highest BCUT2D eigenvalue weighted by molar-refractivity contribution is 5.81. The summed E-state index contributed by atoms with van der Waals surface area (Å²) < 4.78 is 5.35. The van der Waals surface area contributed by atoms with E-state index in [9.17, 15) is 14.9 Å². The van der Waals surface area contributed by atoms with Crippen LogP contribution < -0.4 is 10.1 Å². The van der Waals surface area contributed by atoms with Crippen molar-refractivity contribution in [3.63, 3.8) is 0 Å². The largest absolute Gasteiger partial charge is 0.474 e. The third-order valence-electron chi connectivity index (χ3n) is 2.46. The second kappa shape index (κ2) is 6.22. The van der Waals surface area contributed by atoms with Crippen LogP contribution in [0.4, 0.5) is 5.69 Å². The monoisotopic (exact) mass is 291 g/mol. The molecule has 7 heteroatoms. The molecular weight excluding hydrogens is 274 g/mol. The summed E-state index contributed by atoms with van der Waals surface area (Å²) in [5, 5.41) is 22.5. The fraction of sp³-hybridized carbons (Fsp3) is 0.429. The van der Waals surface area contributed by atoms with Gasteiger partial charge in [0.15, 0.2) is 11.9 Å². The van der Waals surface area contributed by atoms with Crippen LogP contribution in [0, 0.1) is 21.4 Å². The van der Waals surface area contributed by atoms with Gasteiger partial charge in [0.1, 0.15) is 0 Å². The minimum Gasteiger partial charge on any atom is -0.474 e. The maximum Gasteiger partial charge on any atom is 0.312 e. The Labute approximate surface area is 122 Å². The van der Waals surface area contributed by atoms with Gasteiger partial charge in [-0.2, -0.15) is 5.26 Å². The van der Waals surface area contributed by atoms with Gasteiger partial charge in [0.05, 0.1) is 16.6 Å². The second-order valence-electron chi connectivity index (χ2n) is 5.55. The zero-order valence-corrected chi connectivity index (χ0v) is 12.3. The molecule has 0 spiro atoms. The molecule has 1 aromatic carbocycles. The third kappa shape index (κ3) is 4.76. The standard InChI is InChI=1S/C14H17N3O4/c1-9(13(18)16-14(2,3)4)21-12-6-5-10(8-15)7-11(12)17(19)20/h5-7,9H,1-4H3,(H,16,18). The Kier molecular flexibility index (Phi) is 4.87. The first-order chi connectivity index (χ1) is 9.64. The van der Waals surface area contributed by atoms with Gasteiger partial charge in [-0.05, 0) is 39.8 Å². The number of benzene rings is 1. The first-order valence-corrected chi connectivity index (χ1v) is 6.31. The highest BCUT2D eigenvalue weighted by Gasteiger charge is 2.24. The average molecular weight is 291 g/mol. The number of nitrogens with zero attached hydrogens (tertiary/aromatic N) is 2. The topological polar surface area (TPSA) is 105 Å². The van der Waals surface area contributed by atoms with Gasteiger partial charge < -0.3 is 10.1 Å². The lowest BCUT2D eigenvalue weighted by atomic mass is 10.1. The summed E-state index contributed by atoms with van der Waals surface area (Å²) >= 11 is 0. The van der Waals surface area contributed by atoms with Crippen molar-refractivity contribution in [2.24, 2.45) is 0 Å². The summed E-state index contributed by atoms with van der Waals surface area (Å²) in [6, 6.07) is 5.65. The van der Waals surface area contributed by atoms with E-state index in [0.29, 0.717) is 0 Å². The Morgan fingerprint density at radius 3 is 2.57 bits per heavy atom. The molecule has 0 aliphatic rings. The normalized spacial score (nSPS) is 12.1. The molecule has 7 nitrogen and oxygen atoms in total. The molecule has 0 aromatic heterocycles. The van der Waals surface area contributed by atoms with Gasteiger partial charge in [0.25, 0.3) is 5.91 Å². The molecule has 1 unspecified atom stereocenters. The Morgan fingerprint density at radius 1 is 1.48 bits per heavy atom. The van der Waals surface area contributed by atoms with Crippen LogP contribution in [0.1, 0.15) is 33.3 Å². The van der Waals surface area contributed by atoms with Gasteiger partial charge in [0, 0.05) is 11.6 Å². The van der Waals surface area contributed by atoms with E-state index in [4.69, 9.17) is 10.00 Å². The highest BCUT2D eigenvalue weighted by Crippen LogP contribution is 2.28. The van der Waals surface area contributed by atoms with Crippen LogP contribution in [-0.2, 0) is 4.79 Å². The molecule has 21 heavy (non-hydrogen) atoms. The summed E-state index contributed by atoms with van der Waals surface area (Å²) in [5.41, 5.74) is -0.615. The van der Waals surface area contributed by atoms with Gasteiger partial charge in [-0.3, -0.25) is 14.9 Å². The number of nitro groups is 1. The fourth-order valence-electron chi connectivity index (χ4n) is 1.54. The third-order valence-corrected chi connectivity index (χ3v) is 2.46. The van der Waals surface area contributed by atoms with Crippen molar-refractivity contribution < 1.29 is 14.5 Å². The molecule has 0 aliphatic carbocycles. The summed E-state index contributed by atoms with van der Waals surface area (Å²) in [6.07, 6.45) is -0.893. The predicted octanol–water partition coefficient (Wildman–Crippen LogP) is 2.15. The number of hydrogen-bond acceptors (Lipinski definition) is 5. The van der Waals surface area contributed by atoms with Crippen molar-refractivity contribution >= 4 is 11.6 Å². The number of carbonyl (C=O) groups excluding carboxylic acids is 1. The lowest BCUT2D eigenvalue weighted by molar-refractivity contribution is -0.386. The molecule has 1 N–H and O–H groups in total. The molecule has 1 amide bonds. The van der Waals surface area contributed by atoms with Gasteiger partial charge in [-0.1, -0.05) is 0 Å². The van der Waals surface area contributed by atoms with E-state index in [1.165, 1.54) is 19.1 Å². The van der Waals surface area contributed by atoms with E-state index in [1.54, 1.807) is 0 Å². The minimum atomic E-state index is -0.893. The molecule has 112 valence electrons. The quantitative estimate of drug-likeness (QED) is 0.675. The number of nitriles is 1. The van der Waals surface area contributed by atoms with Crippen molar-refractivity contribution in [2.75, 3.05) is 0 Å². The SMILES string of the molecule is CC(Oc1ccc(C#N)cc1[N+](=O)[O-])C(=O)NC(C)(C)C. The zero-order valence-electron chi connectivity index (χ0n) is 12.3. The molecule has 0 saturated heterocycles. The zero-order chi connectivity index (χ0) is 16.2. The van der Waals surface area contributed by atoms with Crippen LogP contribution >= 0.6 is 0 Å². The van der Waals surface area contributed by atoms with E-state index in [-0.39, 0.29) is 22.9 Å². The summed E-state index contributed by atoms with van der Waals surface area (Å²) in [7, 11) is 0. The van der Waals surface area contributed by atoms with Crippen LogP contribution in [0.15, 0.2) is 18.2 Å². The first kappa shape index (κ1) is 16.4. The molecule has 1 atom stereocenters. The Hall–Kier alpha value is -2.62. The van der Waals surface area contributed by atoms with Crippen molar-refractivity contribution in [1.82, 2.24) is 5.32 Å². The van der Waals surface area contributed by atoms with E-state index >= 15 is 0 Å². The number of rotatable bonds is 4. The van der Waals surface area contributed by atoms with E-state index < -0.39 is 16.6 Å². The van der Waals surface area contributed by atoms with Crippen molar-refractivity contribution in [3.8, 4) is 11.8 Å². The maximum absolute atomic E-state index is 11.9. The minimum absolute atomic E-state index is 0.0458. The summed E-state index contributed by atoms with van der Waals surface area (Å²) in [4.78, 5) is 22.2. The first-order valence-electron chi connectivity index (χ1n) is 6.31. The van der Waals surface area contributed by atoms with Crippen LogP contribution in [0.5, 0.6) is 5.75 Å².